The van der Waals surface area contributed by atoms with Crippen LogP contribution in [0.1, 0.15) is 19.4 Å². The summed E-state index contributed by atoms with van der Waals surface area (Å²) in [6, 6.07) is 16.0. The molecule has 0 unspecified atom stereocenters. The van der Waals surface area contributed by atoms with Crippen LogP contribution in [-0.4, -0.2) is 61.5 Å². The highest BCUT2D eigenvalue weighted by Gasteiger charge is 2.49. The van der Waals surface area contributed by atoms with Gasteiger partial charge in [-0.15, -0.1) is 0 Å². The maximum atomic E-state index is 11.8. The maximum Gasteiger partial charge on any atom is 0.303 e. The fourth-order valence-corrected chi connectivity index (χ4v) is 3.40. The number of carbonyl (C=O) groups is 2. The number of hydrogen-bond acceptors (Lipinski definition) is 9. The average molecular weight is 460 g/mol. The minimum absolute atomic E-state index is 0.166. The number of aliphatic hydroxyl groups excluding tert-OH is 1. The molecular weight excluding hydrogens is 432 g/mol. The van der Waals surface area contributed by atoms with Crippen molar-refractivity contribution in [1.82, 2.24) is 0 Å². The number of carbonyl (C=O) groups excluding carboxylic acids is 2. The molecule has 2 aromatic carbocycles. The molecule has 1 aliphatic rings. The standard InChI is InChI=1S/C24H28O9/c1-15(25)29-14-20-22(30-13-17-7-5-4-6-8-17)21(27)23(31-16(2)26)24(33-20)32-19-11-9-18(28-3)10-12-19/h4-12,20-24,27H,13-14H2,1-3H3/t20-,21+,22-,23-,24-/m1/s1. The lowest BCUT2D eigenvalue weighted by molar-refractivity contribution is -0.291. The number of esters is 2. The van der Waals surface area contributed by atoms with Crippen molar-refractivity contribution in [1.29, 1.82) is 0 Å². The summed E-state index contributed by atoms with van der Waals surface area (Å²) in [6.07, 6.45) is -5.49. The third-order valence-corrected chi connectivity index (χ3v) is 4.97. The summed E-state index contributed by atoms with van der Waals surface area (Å²) < 4.78 is 33.4. The zero-order valence-electron chi connectivity index (χ0n) is 18.7. The summed E-state index contributed by atoms with van der Waals surface area (Å²) in [5, 5.41) is 11.1. The lowest BCUT2D eigenvalue weighted by Gasteiger charge is -2.43. The van der Waals surface area contributed by atoms with Gasteiger partial charge < -0.3 is 33.5 Å². The monoisotopic (exact) mass is 460 g/mol. The third-order valence-electron chi connectivity index (χ3n) is 4.97. The van der Waals surface area contributed by atoms with E-state index in [0.717, 1.165) is 5.56 Å². The van der Waals surface area contributed by atoms with Crippen LogP contribution in [0.15, 0.2) is 54.6 Å². The summed E-state index contributed by atoms with van der Waals surface area (Å²) in [6.45, 7) is 2.48. The van der Waals surface area contributed by atoms with Gasteiger partial charge in [-0.25, -0.2) is 0 Å². The van der Waals surface area contributed by atoms with E-state index in [4.69, 9.17) is 28.4 Å². The molecular formula is C24H28O9. The Balaban J connectivity index is 1.81. The normalized spacial score (nSPS) is 24.5. The second-order valence-corrected chi connectivity index (χ2v) is 7.46. The summed E-state index contributed by atoms with van der Waals surface area (Å²) in [4.78, 5) is 23.2. The summed E-state index contributed by atoms with van der Waals surface area (Å²) in [5.41, 5.74) is 0.872. The Morgan fingerprint density at radius 2 is 1.61 bits per heavy atom. The molecule has 0 amide bonds. The molecule has 0 radical (unpaired) electrons. The lowest BCUT2D eigenvalue weighted by Crippen LogP contribution is -2.62. The molecule has 9 heteroatoms. The van der Waals surface area contributed by atoms with Gasteiger partial charge >= 0.3 is 11.9 Å². The van der Waals surface area contributed by atoms with E-state index in [1.807, 2.05) is 30.3 Å². The van der Waals surface area contributed by atoms with Gasteiger partial charge in [0, 0.05) is 13.8 Å². The first-order chi connectivity index (χ1) is 15.9. The molecule has 0 saturated carbocycles. The van der Waals surface area contributed by atoms with Crippen molar-refractivity contribution < 1.29 is 43.1 Å². The Labute approximate surface area is 192 Å². The van der Waals surface area contributed by atoms with Crippen LogP contribution in [0.25, 0.3) is 0 Å². The molecule has 0 bridgehead atoms. The molecule has 33 heavy (non-hydrogen) atoms. The van der Waals surface area contributed by atoms with Gasteiger partial charge in [-0.3, -0.25) is 9.59 Å². The highest BCUT2D eigenvalue weighted by atomic mass is 16.7. The predicted molar refractivity (Wildman–Crippen MR) is 115 cm³/mol. The number of methoxy groups -OCH3 is 1. The van der Waals surface area contributed by atoms with Gasteiger partial charge in [0.15, 0.2) is 6.10 Å². The summed E-state index contributed by atoms with van der Waals surface area (Å²) in [5.74, 6) is -0.0958. The van der Waals surface area contributed by atoms with E-state index in [1.54, 1.807) is 31.4 Å². The van der Waals surface area contributed by atoms with Crippen LogP contribution in [0.2, 0.25) is 0 Å². The highest BCUT2D eigenvalue weighted by Crippen LogP contribution is 2.30. The first-order valence-corrected chi connectivity index (χ1v) is 10.5. The van der Waals surface area contributed by atoms with Crippen LogP contribution in [0.5, 0.6) is 11.5 Å². The van der Waals surface area contributed by atoms with Crippen LogP contribution >= 0.6 is 0 Å². The second-order valence-electron chi connectivity index (χ2n) is 7.46. The van der Waals surface area contributed by atoms with Gasteiger partial charge in [0.1, 0.15) is 36.4 Å². The smallest absolute Gasteiger partial charge is 0.303 e. The Kier molecular flexibility index (Phi) is 8.65. The SMILES string of the molecule is COc1ccc(O[C@@H]2O[C@H](COC(C)=O)[C@@H](OCc3ccccc3)[C@H](O)[C@H]2OC(C)=O)cc1. The number of ether oxygens (including phenoxy) is 6. The van der Waals surface area contributed by atoms with Gasteiger partial charge in [0.25, 0.3) is 0 Å². The van der Waals surface area contributed by atoms with Crippen LogP contribution in [0, 0.1) is 0 Å². The molecule has 9 nitrogen and oxygen atoms in total. The third kappa shape index (κ3) is 6.92. The van der Waals surface area contributed by atoms with Gasteiger partial charge in [0.2, 0.25) is 6.29 Å². The molecule has 5 atom stereocenters. The molecule has 178 valence electrons. The Morgan fingerprint density at radius 1 is 0.939 bits per heavy atom. The number of rotatable bonds is 9. The van der Waals surface area contributed by atoms with Gasteiger partial charge in [-0.2, -0.15) is 0 Å². The summed E-state index contributed by atoms with van der Waals surface area (Å²) >= 11 is 0. The molecule has 1 heterocycles. The first kappa shape index (κ1) is 24.5. The zero-order chi connectivity index (χ0) is 23.8. The lowest BCUT2D eigenvalue weighted by atomic mass is 9.98. The topological polar surface area (TPSA) is 110 Å². The van der Waals surface area contributed by atoms with E-state index in [1.165, 1.54) is 13.8 Å². The van der Waals surface area contributed by atoms with Crippen molar-refractivity contribution in [3.8, 4) is 11.5 Å². The molecule has 1 fully saturated rings. The van der Waals surface area contributed by atoms with E-state index in [-0.39, 0.29) is 13.2 Å². The fraction of sp³-hybridized carbons (Fsp3) is 0.417. The van der Waals surface area contributed by atoms with Crippen molar-refractivity contribution in [3.63, 3.8) is 0 Å². The van der Waals surface area contributed by atoms with E-state index in [9.17, 15) is 14.7 Å². The van der Waals surface area contributed by atoms with Crippen LogP contribution in [0.4, 0.5) is 0 Å². The molecule has 0 spiro atoms. The van der Waals surface area contributed by atoms with Crippen molar-refractivity contribution in [2.45, 2.75) is 51.2 Å². The van der Waals surface area contributed by atoms with E-state index in [2.05, 4.69) is 0 Å². The number of hydrogen-bond donors (Lipinski definition) is 1. The van der Waals surface area contributed by atoms with Gasteiger partial charge in [0.05, 0.1) is 13.7 Å². The average Bonchev–Trinajstić information content (AvgIpc) is 2.80. The first-order valence-electron chi connectivity index (χ1n) is 10.5. The van der Waals surface area contributed by atoms with E-state index >= 15 is 0 Å². The second kappa shape index (κ2) is 11.6. The Hall–Kier alpha value is -3.14. The van der Waals surface area contributed by atoms with Crippen molar-refractivity contribution in [2.75, 3.05) is 13.7 Å². The van der Waals surface area contributed by atoms with Crippen molar-refractivity contribution >= 4 is 11.9 Å². The number of aliphatic hydroxyl groups is 1. The minimum atomic E-state index is -1.31. The Morgan fingerprint density at radius 3 is 2.21 bits per heavy atom. The largest absolute Gasteiger partial charge is 0.497 e. The predicted octanol–water partition coefficient (Wildman–Crippen LogP) is 2.24. The van der Waals surface area contributed by atoms with Gasteiger partial charge in [-0.1, -0.05) is 30.3 Å². The maximum absolute atomic E-state index is 11.8. The quantitative estimate of drug-likeness (QED) is 0.563. The zero-order valence-corrected chi connectivity index (χ0v) is 18.7. The van der Waals surface area contributed by atoms with Crippen molar-refractivity contribution in [3.05, 3.63) is 60.2 Å². The molecule has 0 aliphatic carbocycles. The number of benzene rings is 2. The molecule has 3 rings (SSSR count). The van der Waals surface area contributed by atoms with E-state index < -0.39 is 42.6 Å². The molecule has 1 N–H and O–H groups in total. The van der Waals surface area contributed by atoms with Gasteiger partial charge in [-0.05, 0) is 29.8 Å². The molecule has 1 saturated heterocycles. The van der Waals surface area contributed by atoms with Crippen LogP contribution in [-0.2, 0) is 35.1 Å². The van der Waals surface area contributed by atoms with E-state index in [0.29, 0.717) is 11.5 Å². The highest BCUT2D eigenvalue weighted by molar-refractivity contribution is 5.66. The Bertz CT molecular complexity index is 898. The van der Waals surface area contributed by atoms with Crippen LogP contribution in [0.3, 0.4) is 0 Å². The molecule has 2 aromatic rings. The minimum Gasteiger partial charge on any atom is -0.497 e. The molecule has 0 aromatic heterocycles. The fourth-order valence-electron chi connectivity index (χ4n) is 3.40. The molecule has 1 aliphatic heterocycles. The van der Waals surface area contributed by atoms with Crippen molar-refractivity contribution in [2.24, 2.45) is 0 Å². The van der Waals surface area contributed by atoms with Crippen LogP contribution < -0.4 is 9.47 Å². The summed E-state index contributed by atoms with van der Waals surface area (Å²) in [7, 11) is 1.54.